The van der Waals surface area contributed by atoms with Gasteiger partial charge >= 0.3 is 0 Å². The van der Waals surface area contributed by atoms with Gasteiger partial charge in [0.05, 0.1) is 10.8 Å². The molecule has 0 saturated carbocycles. The van der Waals surface area contributed by atoms with Crippen molar-refractivity contribution >= 4 is 16.6 Å². The Bertz CT molecular complexity index is 1110. The van der Waals surface area contributed by atoms with Crippen LogP contribution in [0.4, 0.5) is 5.69 Å². The van der Waals surface area contributed by atoms with Crippen LogP contribution < -0.4 is 10.5 Å². The minimum atomic E-state index is -0.476. The lowest BCUT2D eigenvalue weighted by molar-refractivity contribution is -0.384. The van der Waals surface area contributed by atoms with Crippen LogP contribution in [0.2, 0.25) is 0 Å². The minimum Gasteiger partial charge on any atom is -0.438 e. The fourth-order valence-electron chi connectivity index (χ4n) is 3.19. The van der Waals surface area contributed by atoms with Crippen LogP contribution in [-0.4, -0.2) is 9.91 Å². The fourth-order valence-corrected chi connectivity index (χ4v) is 3.19. The van der Waals surface area contributed by atoms with Gasteiger partial charge in [0, 0.05) is 29.3 Å². The van der Waals surface area contributed by atoms with E-state index >= 15 is 0 Å². The summed E-state index contributed by atoms with van der Waals surface area (Å²) in [5, 5.41) is 21.4. The molecule has 1 atom stereocenters. The Morgan fingerprint density at radius 2 is 1.96 bits per heavy atom. The number of rotatable bonds is 2. The number of hydrogen-bond acceptors (Lipinski definition) is 6. The van der Waals surface area contributed by atoms with Crippen molar-refractivity contribution in [1.29, 1.82) is 5.26 Å². The van der Waals surface area contributed by atoms with Crippen LogP contribution >= 0.6 is 0 Å². The second-order valence-electron chi connectivity index (χ2n) is 5.83. The first kappa shape index (κ1) is 15.6. The molecule has 7 heteroatoms. The molecule has 1 aromatic heterocycles. The molecule has 0 saturated heterocycles. The summed E-state index contributed by atoms with van der Waals surface area (Å²) < 4.78 is 5.73. The number of nitrogens with two attached hydrogens (primary N) is 1. The zero-order valence-corrected chi connectivity index (χ0v) is 13.4. The Morgan fingerprint density at radius 1 is 1.19 bits per heavy atom. The van der Waals surface area contributed by atoms with E-state index in [1.165, 1.54) is 12.1 Å². The summed E-state index contributed by atoms with van der Waals surface area (Å²) in [5.41, 5.74) is 8.36. The van der Waals surface area contributed by atoms with E-state index in [-0.39, 0.29) is 17.1 Å². The highest BCUT2D eigenvalue weighted by atomic mass is 16.6. The molecule has 1 aliphatic rings. The Hall–Kier alpha value is -3.92. The van der Waals surface area contributed by atoms with Gasteiger partial charge in [0.15, 0.2) is 5.75 Å². The van der Waals surface area contributed by atoms with Gasteiger partial charge < -0.3 is 10.5 Å². The number of allylic oxidation sites excluding steroid dienone is 1. The van der Waals surface area contributed by atoms with Gasteiger partial charge in [-0.1, -0.05) is 30.3 Å². The zero-order valence-electron chi connectivity index (χ0n) is 13.4. The van der Waals surface area contributed by atoms with Gasteiger partial charge in [-0.05, 0) is 11.6 Å². The van der Waals surface area contributed by atoms with Crippen molar-refractivity contribution in [2.45, 2.75) is 5.92 Å². The van der Waals surface area contributed by atoms with E-state index in [0.717, 1.165) is 16.5 Å². The highest BCUT2D eigenvalue weighted by Crippen LogP contribution is 2.44. The van der Waals surface area contributed by atoms with Gasteiger partial charge in [-0.15, -0.1) is 0 Å². The molecule has 1 unspecified atom stereocenters. The molecule has 2 N–H and O–H groups in total. The molecule has 126 valence electrons. The Kier molecular flexibility index (Phi) is 3.52. The highest BCUT2D eigenvalue weighted by molar-refractivity contribution is 5.87. The summed E-state index contributed by atoms with van der Waals surface area (Å²) in [6.07, 6.45) is 1.66. The maximum absolute atomic E-state index is 10.9. The van der Waals surface area contributed by atoms with Gasteiger partial charge in [0.1, 0.15) is 17.2 Å². The quantitative estimate of drug-likeness (QED) is 0.563. The van der Waals surface area contributed by atoms with E-state index in [1.807, 2.05) is 24.3 Å². The van der Waals surface area contributed by atoms with Crippen LogP contribution in [0.1, 0.15) is 17.0 Å². The van der Waals surface area contributed by atoms with Crippen LogP contribution in [0, 0.1) is 21.4 Å². The predicted octanol–water partition coefficient (Wildman–Crippen LogP) is 3.36. The van der Waals surface area contributed by atoms with E-state index in [9.17, 15) is 15.4 Å². The lowest BCUT2D eigenvalue weighted by atomic mass is 9.83. The first-order valence-corrected chi connectivity index (χ1v) is 7.79. The number of pyridine rings is 1. The second-order valence-corrected chi connectivity index (χ2v) is 5.83. The summed E-state index contributed by atoms with van der Waals surface area (Å²) in [6, 6.07) is 15.7. The lowest BCUT2D eigenvalue weighted by Gasteiger charge is -2.27. The molecule has 0 fully saturated rings. The maximum atomic E-state index is 10.9. The van der Waals surface area contributed by atoms with Crippen molar-refractivity contribution in [3.05, 3.63) is 87.4 Å². The van der Waals surface area contributed by atoms with Crippen LogP contribution in [-0.2, 0) is 0 Å². The average Bonchev–Trinajstić information content (AvgIpc) is 2.67. The molecule has 0 radical (unpaired) electrons. The van der Waals surface area contributed by atoms with Gasteiger partial charge in [0.2, 0.25) is 5.88 Å². The summed E-state index contributed by atoms with van der Waals surface area (Å²) in [5.74, 6) is 0.0421. The van der Waals surface area contributed by atoms with Crippen molar-refractivity contribution in [2.75, 3.05) is 0 Å². The number of non-ortho nitro benzene ring substituents is 1. The first-order valence-electron chi connectivity index (χ1n) is 7.79. The first-order chi connectivity index (χ1) is 12.6. The van der Waals surface area contributed by atoms with Crippen molar-refractivity contribution in [1.82, 2.24) is 4.98 Å². The van der Waals surface area contributed by atoms with E-state index in [1.54, 1.807) is 18.3 Å². The summed E-state index contributed by atoms with van der Waals surface area (Å²) in [7, 11) is 0. The number of fused-ring (bicyclic) bond motifs is 3. The van der Waals surface area contributed by atoms with Gasteiger partial charge in [-0.2, -0.15) is 5.26 Å². The van der Waals surface area contributed by atoms with Crippen LogP contribution in [0.15, 0.2) is 66.2 Å². The third kappa shape index (κ3) is 2.32. The topological polar surface area (TPSA) is 115 Å². The number of benzene rings is 2. The molecule has 4 rings (SSSR count). The molecule has 0 aliphatic carbocycles. The lowest BCUT2D eigenvalue weighted by Crippen LogP contribution is -2.21. The van der Waals surface area contributed by atoms with Gasteiger partial charge in [-0.3, -0.25) is 15.1 Å². The molecular weight excluding hydrogens is 332 g/mol. The highest BCUT2D eigenvalue weighted by Gasteiger charge is 2.32. The van der Waals surface area contributed by atoms with E-state index in [0.29, 0.717) is 11.3 Å². The molecule has 7 nitrogen and oxygen atoms in total. The second kappa shape index (κ2) is 5.86. The Balaban J connectivity index is 1.94. The molecule has 2 aromatic carbocycles. The van der Waals surface area contributed by atoms with Crippen molar-refractivity contribution < 1.29 is 9.66 Å². The standard InChI is InChI=1S/C19H12N4O3/c20-10-15-16(11-3-6-13(7-4-11)23(24)25)14-8-5-12-2-1-9-22-17(12)18(14)26-19(15)21/h1-9,16H,21H2. The normalized spacial score (nSPS) is 15.9. The van der Waals surface area contributed by atoms with Crippen molar-refractivity contribution in [3.63, 3.8) is 0 Å². The van der Waals surface area contributed by atoms with E-state index in [2.05, 4.69) is 11.1 Å². The fraction of sp³-hybridized carbons (Fsp3) is 0.0526. The molecule has 2 heterocycles. The third-order valence-electron chi connectivity index (χ3n) is 4.39. The van der Waals surface area contributed by atoms with Crippen molar-refractivity contribution in [3.8, 4) is 11.8 Å². The zero-order chi connectivity index (χ0) is 18.3. The summed E-state index contributed by atoms with van der Waals surface area (Å²) in [4.78, 5) is 14.8. The number of nitriles is 1. The largest absolute Gasteiger partial charge is 0.438 e. The molecule has 26 heavy (non-hydrogen) atoms. The van der Waals surface area contributed by atoms with Gasteiger partial charge in [0.25, 0.3) is 5.69 Å². The number of ether oxygens (including phenoxy) is 1. The minimum absolute atomic E-state index is 0.0153. The number of hydrogen-bond donors (Lipinski definition) is 1. The molecule has 1 aliphatic heterocycles. The number of nitrogens with zero attached hydrogens (tertiary/aromatic N) is 3. The molecular formula is C19H12N4O3. The maximum Gasteiger partial charge on any atom is 0.269 e. The van der Waals surface area contributed by atoms with Crippen LogP contribution in [0.5, 0.6) is 5.75 Å². The van der Waals surface area contributed by atoms with E-state index in [4.69, 9.17) is 10.5 Å². The predicted molar refractivity (Wildman–Crippen MR) is 94.1 cm³/mol. The number of nitro benzene ring substituents is 1. The van der Waals surface area contributed by atoms with Crippen molar-refractivity contribution in [2.24, 2.45) is 5.73 Å². The van der Waals surface area contributed by atoms with E-state index < -0.39 is 10.8 Å². The molecule has 3 aromatic rings. The monoisotopic (exact) mass is 344 g/mol. The van der Waals surface area contributed by atoms with Gasteiger partial charge in [-0.25, -0.2) is 0 Å². The Morgan fingerprint density at radius 3 is 2.65 bits per heavy atom. The SMILES string of the molecule is N#CC1=C(N)Oc2c(ccc3cccnc23)C1c1ccc([N+](=O)[O-])cc1. The molecule has 0 spiro atoms. The third-order valence-corrected chi connectivity index (χ3v) is 4.39. The number of nitro groups is 1. The summed E-state index contributed by atoms with van der Waals surface area (Å²) in [6.45, 7) is 0. The molecule has 0 amide bonds. The summed E-state index contributed by atoms with van der Waals surface area (Å²) >= 11 is 0. The van der Waals surface area contributed by atoms with Crippen LogP contribution in [0.3, 0.4) is 0 Å². The number of aromatic nitrogens is 1. The van der Waals surface area contributed by atoms with Crippen LogP contribution in [0.25, 0.3) is 10.9 Å². The smallest absolute Gasteiger partial charge is 0.269 e. The Labute approximate surface area is 148 Å². The average molecular weight is 344 g/mol. The molecule has 0 bridgehead atoms.